The Balaban J connectivity index is 2.01. The molecule has 0 aliphatic carbocycles. The average Bonchev–Trinajstić information content (AvgIpc) is 2.88. The lowest BCUT2D eigenvalue weighted by Gasteiger charge is -2.22. The third kappa shape index (κ3) is 4.53. The van der Waals surface area contributed by atoms with Crippen molar-refractivity contribution in [2.75, 3.05) is 40.5 Å². The smallest absolute Gasteiger partial charge is 0.223 e. The summed E-state index contributed by atoms with van der Waals surface area (Å²) in [4.78, 5) is 18.8. The van der Waals surface area contributed by atoms with Crippen LogP contribution in [0.1, 0.15) is 17.8 Å². The maximum atomic E-state index is 12.5. The van der Waals surface area contributed by atoms with Crippen molar-refractivity contribution in [3.05, 3.63) is 35.8 Å². The molecule has 0 aliphatic heterocycles. The number of carbonyl (C=O) groups is 1. The Morgan fingerprint density at radius 1 is 1.22 bits per heavy atom. The van der Waals surface area contributed by atoms with Gasteiger partial charge in [0.05, 0.1) is 18.9 Å². The topological polar surface area (TPSA) is 56.1 Å². The molecule has 23 heavy (non-hydrogen) atoms. The molecule has 0 atom stereocenters. The van der Waals surface area contributed by atoms with Crippen LogP contribution in [0.25, 0.3) is 5.65 Å². The Morgan fingerprint density at radius 2 is 1.91 bits per heavy atom. The van der Waals surface area contributed by atoms with Crippen LogP contribution in [0.15, 0.2) is 24.4 Å². The first-order valence-electron chi connectivity index (χ1n) is 7.85. The Kier molecular flexibility index (Phi) is 6.55. The Hall–Kier alpha value is -1.92. The molecule has 2 heterocycles. The minimum absolute atomic E-state index is 0.115. The van der Waals surface area contributed by atoms with E-state index in [1.165, 1.54) is 0 Å². The maximum Gasteiger partial charge on any atom is 0.223 e. The highest BCUT2D eigenvalue weighted by atomic mass is 16.5. The summed E-state index contributed by atoms with van der Waals surface area (Å²) in [6, 6.07) is 5.92. The van der Waals surface area contributed by atoms with E-state index in [0.29, 0.717) is 39.1 Å². The molecule has 0 spiro atoms. The Morgan fingerprint density at radius 3 is 2.57 bits per heavy atom. The summed E-state index contributed by atoms with van der Waals surface area (Å²) in [6.07, 6.45) is 3.12. The van der Waals surface area contributed by atoms with Crippen LogP contribution in [0.3, 0.4) is 0 Å². The molecule has 0 saturated heterocycles. The molecule has 2 aromatic rings. The van der Waals surface area contributed by atoms with E-state index in [4.69, 9.17) is 9.47 Å². The molecule has 126 valence electrons. The van der Waals surface area contributed by atoms with E-state index in [1.807, 2.05) is 31.3 Å². The van der Waals surface area contributed by atoms with Crippen LogP contribution in [-0.4, -0.2) is 60.7 Å². The van der Waals surface area contributed by atoms with E-state index >= 15 is 0 Å². The van der Waals surface area contributed by atoms with Crippen molar-refractivity contribution < 1.29 is 14.3 Å². The fraction of sp³-hybridized carbons (Fsp3) is 0.529. The predicted octanol–water partition coefficient (Wildman–Crippen LogP) is 1.70. The van der Waals surface area contributed by atoms with Gasteiger partial charge in [0.15, 0.2) is 0 Å². The lowest BCUT2D eigenvalue weighted by atomic mass is 10.2. The van der Waals surface area contributed by atoms with Crippen molar-refractivity contribution in [3.8, 4) is 0 Å². The minimum Gasteiger partial charge on any atom is -0.383 e. The van der Waals surface area contributed by atoms with Crippen LogP contribution in [0.5, 0.6) is 0 Å². The van der Waals surface area contributed by atoms with Crippen LogP contribution >= 0.6 is 0 Å². The number of ether oxygens (including phenoxy) is 2. The van der Waals surface area contributed by atoms with Gasteiger partial charge in [0, 0.05) is 45.6 Å². The SMILES string of the molecule is COCCN(CCOC)C(=O)CCc1c(C)nc2ccccn12. The molecule has 0 bridgehead atoms. The second-order valence-electron chi connectivity index (χ2n) is 5.44. The van der Waals surface area contributed by atoms with Crippen molar-refractivity contribution in [3.63, 3.8) is 0 Å². The van der Waals surface area contributed by atoms with Crippen LogP contribution in [0.2, 0.25) is 0 Å². The van der Waals surface area contributed by atoms with Gasteiger partial charge in [-0.2, -0.15) is 0 Å². The van der Waals surface area contributed by atoms with E-state index in [2.05, 4.69) is 9.38 Å². The third-order valence-corrected chi connectivity index (χ3v) is 3.89. The highest BCUT2D eigenvalue weighted by Crippen LogP contribution is 2.14. The van der Waals surface area contributed by atoms with Gasteiger partial charge in [-0.3, -0.25) is 4.79 Å². The summed E-state index contributed by atoms with van der Waals surface area (Å²) in [5, 5.41) is 0. The zero-order valence-electron chi connectivity index (χ0n) is 14.1. The normalized spacial score (nSPS) is 11.1. The van der Waals surface area contributed by atoms with Crippen LogP contribution < -0.4 is 0 Å². The van der Waals surface area contributed by atoms with E-state index in [1.54, 1.807) is 19.1 Å². The quantitative estimate of drug-likeness (QED) is 0.706. The molecule has 0 aromatic carbocycles. The molecule has 0 radical (unpaired) electrons. The van der Waals surface area contributed by atoms with Gasteiger partial charge >= 0.3 is 0 Å². The first kappa shape index (κ1) is 17.4. The first-order chi connectivity index (χ1) is 11.2. The van der Waals surface area contributed by atoms with Gasteiger partial charge in [-0.1, -0.05) is 6.07 Å². The van der Waals surface area contributed by atoms with E-state index < -0.39 is 0 Å². The summed E-state index contributed by atoms with van der Waals surface area (Å²) >= 11 is 0. The van der Waals surface area contributed by atoms with Gasteiger partial charge < -0.3 is 18.8 Å². The molecular weight excluding hydrogens is 294 g/mol. The van der Waals surface area contributed by atoms with Gasteiger partial charge in [0.2, 0.25) is 5.91 Å². The van der Waals surface area contributed by atoms with Crippen molar-refractivity contribution >= 4 is 11.6 Å². The number of fused-ring (bicyclic) bond motifs is 1. The summed E-state index contributed by atoms with van der Waals surface area (Å²) in [5.74, 6) is 0.115. The first-order valence-corrected chi connectivity index (χ1v) is 7.85. The molecule has 1 amide bonds. The van der Waals surface area contributed by atoms with Crippen LogP contribution in [0.4, 0.5) is 0 Å². The Bertz CT molecular complexity index is 631. The molecule has 0 unspecified atom stereocenters. The number of aryl methyl sites for hydroxylation is 2. The van der Waals surface area contributed by atoms with Gasteiger partial charge in [0.1, 0.15) is 5.65 Å². The molecule has 0 saturated carbocycles. The van der Waals surface area contributed by atoms with Crippen molar-refractivity contribution in [1.82, 2.24) is 14.3 Å². The molecule has 6 heteroatoms. The standard InChI is InChI=1S/C17H25N3O3/c1-14-15(20-9-5-4-6-16(20)18-14)7-8-17(21)19(10-12-22-2)11-13-23-3/h4-6,9H,7-8,10-13H2,1-3H3. The molecule has 0 N–H and O–H groups in total. The van der Waals surface area contributed by atoms with Gasteiger partial charge in [-0.15, -0.1) is 0 Å². The highest BCUT2D eigenvalue weighted by molar-refractivity contribution is 5.76. The largest absolute Gasteiger partial charge is 0.383 e. The molecule has 2 rings (SSSR count). The van der Waals surface area contributed by atoms with Gasteiger partial charge in [0.25, 0.3) is 0 Å². The van der Waals surface area contributed by atoms with Crippen LogP contribution in [-0.2, 0) is 20.7 Å². The van der Waals surface area contributed by atoms with Crippen molar-refractivity contribution in [2.45, 2.75) is 19.8 Å². The van der Waals surface area contributed by atoms with Gasteiger partial charge in [-0.25, -0.2) is 4.98 Å². The summed E-state index contributed by atoms with van der Waals surface area (Å²) in [6.45, 7) is 4.23. The molecule has 0 fully saturated rings. The van der Waals surface area contributed by atoms with Gasteiger partial charge in [-0.05, 0) is 25.5 Å². The second-order valence-corrected chi connectivity index (χ2v) is 5.44. The number of pyridine rings is 1. The minimum atomic E-state index is 0.115. The molecule has 2 aromatic heterocycles. The summed E-state index contributed by atoms with van der Waals surface area (Å²) in [5.41, 5.74) is 2.99. The van der Waals surface area contributed by atoms with E-state index in [-0.39, 0.29) is 5.91 Å². The number of rotatable bonds is 9. The number of hydrogen-bond donors (Lipinski definition) is 0. The summed E-state index contributed by atoms with van der Waals surface area (Å²) in [7, 11) is 3.28. The number of carbonyl (C=O) groups excluding carboxylic acids is 1. The zero-order chi connectivity index (χ0) is 16.7. The summed E-state index contributed by atoms with van der Waals surface area (Å²) < 4.78 is 12.2. The number of amides is 1. The number of imidazole rings is 1. The van der Waals surface area contributed by atoms with E-state index in [9.17, 15) is 4.79 Å². The molecule has 0 aliphatic rings. The monoisotopic (exact) mass is 319 g/mol. The van der Waals surface area contributed by atoms with E-state index in [0.717, 1.165) is 17.0 Å². The average molecular weight is 319 g/mol. The van der Waals surface area contributed by atoms with Crippen LogP contribution in [0, 0.1) is 6.92 Å². The maximum absolute atomic E-state index is 12.5. The number of methoxy groups -OCH3 is 2. The predicted molar refractivity (Wildman–Crippen MR) is 88.6 cm³/mol. The van der Waals surface area contributed by atoms with Crippen molar-refractivity contribution in [1.29, 1.82) is 0 Å². The number of aromatic nitrogens is 2. The fourth-order valence-corrected chi connectivity index (χ4v) is 2.61. The Labute approximate surface area is 137 Å². The fourth-order valence-electron chi connectivity index (χ4n) is 2.61. The second kappa shape index (κ2) is 8.64. The number of hydrogen-bond acceptors (Lipinski definition) is 4. The zero-order valence-corrected chi connectivity index (χ0v) is 14.1. The molecular formula is C17H25N3O3. The molecule has 6 nitrogen and oxygen atoms in total. The number of nitrogens with zero attached hydrogens (tertiary/aromatic N) is 3. The third-order valence-electron chi connectivity index (χ3n) is 3.89. The lowest BCUT2D eigenvalue weighted by Crippen LogP contribution is -2.36. The lowest BCUT2D eigenvalue weighted by molar-refractivity contribution is -0.132. The van der Waals surface area contributed by atoms with Crippen molar-refractivity contribution in [2.24, 2.45) is 0 Å². The highest BCUT2D eigenvalue weighted by Gasteiger charge is 2.15.